The van der Waals surface area contributed by atoms with E-state index in [4.69, 9.17) is 22.1 Å². The van der Waals surface area contributed by atoms with Gasteiger partial charge in [-0.05, 0) is 44.9 Å². The number of hydrogen-bond acceptors (Lipinski definition) is 5. The van der Waals surface area contributed by atoms with Gasteiger partial charge in [-0.1, -0.05) is 17.7 Å². The number of ether oxygens (including phenoxy) is 1. The monoisotopic (exact) mass is 330 g/mol. The zero-order chi connectivity index (χ0) is 16.9. The lowest BCUT2D eigenvalue weighted by atomic mass is 10.0. The number of rotatable bonds is 5. The predicted molar refractivity (Wildman–Crippen MR) is 85.7 cm³/mol. The Morgan fingerprint density at radius 2 is 2.05 bits per heavy atom. The summed E-state index contributed by atoms with van der Waals surface area (Å²) < 4.78 is 5.07. The van der Waals surface area contributed by atoms with E-state index in [1.165, 1.54) is 6.07 Å². The molecule has 0 saturated heterocycles. The van der Waals surface area contributed by atoms with Crippen LogP contribution in [0.1, 0.15) is 38.9 Å². The lowest BCUT2D eigenvalue weighted by Gasteiger charge is -2.21. The number of anilines is 1. The van der Waals surface area contributed by atoms with Crippen LogP contribution in [0.4, 0.5) is 10.5 Å². The Morgan fingerprint density at radius 1 is 1.41 bits per heavy atom. The fourth-order valence-electron chi connectivity index (χ4n) is 1.74. The van der Waals surface area contributed by atoms with Gasteiger partial charge in [0.1, 0.15) is 11.7 Å². The standard InChI is InChI=1S/C15H23ClN2O4/c1-15(2,3)22-14(21)18-7-6-12(19)13(20)9-4-5-11(17)10(16)8-9/h4-5,8,12-13,19-20H,6-7,17H2,1-3H3,(H,18,21). The quantitative estimate of drug-likeness (QED) is 0.620. The number of aliphatic hydroxyl groups is 2. The van der Waals surface area contributed by atoms with Crippen LogP contribution in [0.5, 0.6) is 0 Å². The number of alkyl carbamates (subject to hydrolysis) is 1. The van der Waals surface area contributed by atoms with E-state index in [1.54, 1.807) is 32.9 Å². The number of halogens is 1. The molecule has 1 rings (SSSR count). The molecule has 22 heavy (non-hydrogen) atoms. The van der Waals surface area contributed by atoms with E-state index in [0.29, 0.717) is 16.3 Å². The van der Waals surface area contributed by atoms with Crippen LogP contribution < -0.4 is 11.1 Å². The fourth-order valence-corrected chi connectivity index (χ4v) is 1.93. The summed E-state index contributed by atoms with van der Waals surface area (Å²) >= 11 is 5.88. The van der Waals surface area contributed by atoms with Gasteiger partial charge in [-0.2, -0.15) is 0 Å². The number of hydrogen-bond donors (Lipinski definition) is 4. The zero-order valence-electron chi connectivity index (χ0n) is 13.0. The number of nitrogen functional groups attached to an aromatic ring is 1. The van der Waals surface area contributed by atoms with Crippen molar-refractivity contribution in [3.63, 3.8) is 0 Å². The zero-order valence-corrected chi connectivity index (χ0v) is 13.7. The minimum Gasteiger partial charge on any atom is -0.444 e. The van der Waals surface area contributed by atoms with Crippen molar-refractivity contribution in [2.75, 3.05) is 12.3 Å². The molecule has 0 spiro atoms. The summed E-state index contributed by atoms with van der Waals surface area (Å²) in [5.41, 5.74) is 5.87. The minimum atomic E-state index is -1.11. The third kappa shape index (κ3) is 6.09. The Labute approximate surface area is 135 Å². The van der Waals surface area contributed by atoms with Crippen LogP contribution in [0.3, 0.4) is 0 Å². The Morgan fingerprint density at radius 3 is 2.59 bits per heavy atom. The third-order valence-electron chi connectivity index (χ3n) is 2.84. The van der Waals surface area contributed by atoms with Crippen molar-refractivity contribution in [1.82, 2.24) is 5.32 Å². The molecule has 0 radical (unpaired) electrons. The number of benzene rings is 1. The van der Waals surface area contributed by atoms with Crippen molar-refractivity contribution in [2.45, 2.75) is 45.0 Å². The Balaban J connectivity index is 2.46. The predicted octanol–water partition coefficient (Wildman–Crippen LogP) is 2.23. The van der Waals surface area contributed by atoms with Crippen LogP contribution in [0.15, 0.2) is 18.2 Å². The van der Waals surface area contributed by atoms with Crippen LogP contribution in [-0.2, 0) is 4.74 Å². The number of nitrogens with one attached hydrogen (secondary N) is 1. The first kappa shape index (κ1) is 18.5. The molecule has 7 heteroatoms. The van der Waals surface area contributed by atoms with Gasteiger partial charge in [-0.25, -0.2) is 4.79 Å². The molecule has 0 aliphatic heterocycles. The van der Waals surface area contributed by atoms with Crippen molar-refractivity contribution >= 4 is 23.4 Å². The van der Waals surface area contributed by atoms with Crippen molar-refractivity contribution < 1.29 is 19.7 Å². The molecule has 0 fully saturated rings. The summed E-state index contributed by atoms with van der Waals surface area (Å²) in [7, 11) is 0. The molecule has 124 valence electrons. The van der Waals surface area contributed by atoms with Crippen molar-refractivity contribution in [2.24, 2.45) is 0 Å². The molecule has 2 atom stereocenters. The van der Waals surface area contributed by atoms with Gasteiger partial charge in [-0.3, -0.25) is 0 Å². The first-order chi connectivity index (χ1) is 10.1. The molecule has 1 aromatic rings. The second-order valence-corrected chi connectivity index (χ2v) is 6.42. The minimum absolute atomic E-state index is 0.169. The molecule has 1 amide bonds. The summed E-state index contributed by atoms with van der Waals surface area (Å²) in [5.74, 6) is 0. The van der Waals surface area contributed by atoms with E-state index in [1.807, 2.05) is 0 Å². The normalized spacial score (nSPS) is 14.3. The lowest BCUT2D eigenvalue weighted by molar-refractivity contribution is 0.0123. The number of nitrogens with two attached hydrogens (primary N) is 1. The molecular formula is C15H23ClN2O4. The van der Waals surface area contributed by atoms with Gasteiger partial charge in [0.05, 0.1) is 16.8 Å². The van der Waals surface area contributed by atoms with Gasteiger partial charge in [0, 0.05) is 6.54 Å². The highest BCUT2D eigenvalue weighted by atomic mass is 35.5. The molecule has 0 aliphatic carbocycles. The largest absolute Gasteiger partial charge is 0.444 e. The van der Waals surface area contributed by atoms with Crippen LogP contribution in [0.2, 0.25) is 5.02 Å². The Bertz CT molecular complexity index is 517. The maximum Gasteiger partial charge on any atom is 0.407 e. The first-order valence-electron chi connectivity index (χ1n) is 6.98. The number of carbonyl (C=O) groups is 1. The van der Waals surface area contributed by atoms with Gasteiger partial charge >= 0.3 is 6.09 Å². The first-order valence-corrected chi connectivity index (χ1v) is 7.36. The average molecular weight is 331 g/mol. The highest BCUT2D eigenvalue weighted by Gasteiger charge is 2.20. The van der Waals surface area contributed by atoms with Gasteiger partial charge in [0.25, 0.3) is 0 Å². The highest BCUT2D eigenvalue weighted by molar-refractivity contribution is 6.33. The van der Waals surface area contributed by atoms with Crippen molar-refractivity contribution in [3.05, 3.63) is 28.8 Å². The van der Waals surface area contributed by atoms with Gasteiger partial charge < -0.3 is 26.0 Å². The molecule has 6 nitrogen and oxygen atoms in total. The number of aliphatic hydroxyl groups excluding tert-OH is 2. The molecule has 0 aliphatic rings. The van der Waals surface area contributed by atoms with E-state index in [-0.39, 0.29) is 13.0 Å². The lowest BCUT2D eigenvalue weighted by Crippen LogP contribution is -2.34. The molecule has 2 unspecified atom stereocenters. The van der Waals surface area contributed by atoms with Crippen molar-refractivity contribution in [1.29, 1.82) is 0 Å². The molecule has 5 N–H and O–H groups in total. The van der Waals surface area contributed by atoms with E-state index in [9.17, 15) is 15.0 Å². The van der Waals surface area contributed by atoms with E-state index < -0.39 is 23.9 Å². The topological polar surface area (TPSA) is 105 Å². The molecule has 1 aromatic carbocycles. The van der Waals surface area contributed by atoms with E-state index in [0.717, 1.165) is 0 Å². The third-order valence-corrected chi connectivity index (χ3v) is 3.17. The summed E-state index contributed by atoms with van der Waals surface area (Å²) in [6, 6.07) is 4.66. The Kier molecular flexibility index (Phi) is 6.47. The maximum absolute atomic E-state index is 11.5. The van der Waals surface area contributed by atoms with Gasteiger partial charge in [0.15, 0.2) is 0 Å². The summed E-state index contributed by atoms with van der Waals surface area (Å²) in [6.45, 7) is 5.46. The van der Waals surface area contributed by atoms with Crippen LogP contribution in [0.25, 0.3) is 0 Å². The molecular weight excluding hydrogens is 308 g/mol. The number of carbonyl (C=O) groups excluding carboxylic acids is 1. The smallest absolute Gasteiger partial charge is 0.407 e. The van der Waals surface area contributed by atoms with Gasteiger partial charge in [-0.15, -0.1) is 0 Å². The highest BCUT2D eigenvalue weighted by Crippen LogP contribution is 2.26. The molecule has 0 saturated carbocycles. The fraction of sp³-hybridized carbons (Fsp3) is 0.533. The molecule has 0 aromatic heterocycles. The summed E-state index contributed by atoms with van der Waals surface area (Å²) in [5, 5.41) is 22.9. The van der Waals surface area contributed by atoms with Gasteiger partial charge in [0.2, 0.25) is 0 Å². The van der Waals surface area contributed by atoms with Crippen LogP contribution in [-0.4, -0.2) is 34.6 Å². The Hall–Kier alpha value is -1.50. The van der Waals surface area contributed by atoms with E-state index in [2.05, 4.69) is 5.32 Å². The van der Waals surface area contributed by atoms with E-state index >= 15 is 0 Å². The second kappa shape index (κ2) is 7.67. The summed E-state index contributed by atoms with van der Waals surface area (Å²) in [4.78, 5) is 11.5. The van der Waals surface area contributed by atoms with Crippen LogP contribution in [0, 0.1) is 0 Å². The van der Waals surface area contributed by atoms with Crippen LogP contribution >= 0.6 is 11.6 Å². The second-order valence-electron chi connectivity index (χ2n) is 6.01. The average Bonchev–Trinajstić information content (AvgIpc) is 2.38. The summed E-state index contributed by atoms with van der Waals surface area (Å²) in [6.07, 6.45) is -2.56. The molecule has 0 heterocycles. The maximum atomic E-state index is 11.5. The van der Waals surface area contributed by atoms with Crippen molar-refractivity contribution in [3.8, 4) is 0 Å². The number of amides is 1. The SMILES string of the molecule is CC(C)(C)OC(=O)NCCC(O)C(O)c1ccc(N)c(Cl)c1. The molecule has 0 bridgehead atoms.